The van der Waals surface area contributed by atoms with Gasteiger partial charge in [-0.15, -0.1) is 0 Å². The van der Waals surface area contributed by atoms with Crippen molar-refractivity contribution in [1.29, 1.82) is 0 Å². The van der Waals surface area contributed by atoms with E-state index in [-0.39, 0.29) is 17.5 Å². The third kappa shape index (κ3) is 2.52. The van der Waals surface area contributed by atoms with Crippen LogP contribution in [0.25, 0.3) is 11.1 Å². The molecule has 114 valence electrons. The summed E-state index contributed by atoms with van der Waals surface area (Å²) in [4.78, 5) is 12.4. The second-order valence-corrected chi connectivity index (χ2v) is 5.92. The smallest absolute Gasteiger partial charge is 0.166 e. The molecule has 0 aromatic heterocycles. The molecule has 2 aromatic rings. The molecule has 1 N–H and O–H groups in total. The van der Waals surface area contributed by atoms with Gasteiger partial charge in [0.05, 0.1) is 0 Å². The summed E-state index contributed by atoms with van der Waals surface area (Å²) in [6, 6.07) is 11.1. The first-order valence-corrected chi connectivity index (χ1v) is 7.73. The number of carbonyl (C=O) groups is 1. The third-order valence-corrected chi connectivity index (χ3v) is 4.61. The van der Waals surface area contributed by atoms with E-state index in [0.717, 1.165) is 30.5 Å². The van der Waals surface area contributed by atoms with Crippen molar-refractivity contribution in [3.8, 4) is 11.1 Å². The summed E-state index contributed by atoms with van der Waals surface area (Å²) >= 11 is 0. The van der Waals surface area contributed by atoms with Gasteiger partial charge in [-0.3, -0.25) is 4.79 Å². The lowest BCUT2D eigenvalue weighted by atomic mass is 9.79. The molecule has 0 aliphatic heterocycles. The van der Waals surface area contributed by atoms with Gasteiger partial charge in [0, 0.05) is 29.8 Å². The summed E-state index contributed by atoms with van der Waals surface area (Å²) in [6.45, 7) is 1.70. The van der Waals surface area contributed by atoms with Gasteiger partial charge < -0.3 is 5.32 Å². The molecule has 3 rings (SSSR count). The van der Waals surface area contributed by atoms with Crippen LogP contribution in [0.4, 0.5) is 10.1 Å². The average Bonchev–Trinajstić information content (AvgIpc) is 2.48. The van der Waals surface area contributed by atoms with Gasteiger partial charge in [-0.1, -0.05) is 30.7 Å². The predicted molar refractivity (Wildman–Crippen MR) is 87.8 cm³/mol. The molecule has 1 fully saturated rings. The fraction of sp³-hybridized carbons (Fsp3) is 0.316. The maximum atomic E-state index is 14.7. The van der Waals surface area contributed by atoms with Crippen molar-refractivity contribution < 1.29 is 9.18 Å². The van der Waals surface area contributed by atoms with E-state index in [0.29, 0.717) is 16.7 Å². The first kappa shape index (κ1) is 14.8. The molecular formula is C19H20FNO. The first-order chi connectivity index (χ1) is 10.6. The van der Waals surface area contributed by atoms with Crippen molar-refractivity contribution in [2.75, 3.05) is 12.4 Å². The fourth-order valence-corrected chi connectivity index (χ4v) is 2.88. The standard InChI is InChI=1S/C19H20FNO/c1-12-16(19(22)14-4-3-5-14)10-11-17(18(12)20)13-6-8-15(21-2)9-7-13/h6-11,14,21H,3-5H2,1-2H3. The molecule has 1 aliphatic carbocycles. The number of hydrogen-bond acceptors (Lipinski definition) is 2. The Morgan fingerprint density at radius 3 is 2.36 bits per heavy atom. The van der Waals surface area contributed by atoms with Crippen LogP contribution < -0.4 is 5.32 Å². The van der Waals surface area contributed by atoms with E-state index in [1.165, 1.54) is 0 Å². The second-order valence-electron chi connectivity index (χ2n) is 5.92. The van der Waals surface area contributed by atoms with Gasteiger partial charge in [-0.05, 0) is 43.0 Å². The SMILES string of the molecule is CNc1ccc(-c2ccc(C(=O)C3CCC3)c(C)c2F)cc1. The predicted octanol–water partition coefficient (Wildman–Crippen LogP) is 4.83. The van der Waals surface area contributed by atoms with Gasteiger partial charge in [-0.2, -0.15) is 0 Å². The number of benzene rings is 2. The number of carbonyl (C=O) groups excluding carboxylic acids is 1. The summed E-state index contributed by atoms with van der Waals surface area (Å²) < 4.78 is 14.7. The fourth-order valence-electron chi connectivity index (χ4n) is 2.88. The Morgan fingerprint density at radius 2 is 1.82 bits per heavy atom. The molecular weight excluding hydrogens is 277 g/mol. The zero-order chi connectivity index (χ0) is 15.7. The van der Waals surface area contributed by atoms with E-state index in [4.69, 9.17) is 0 Å². The van der Waals surface area contributed by atoms with E-state index in [2.05, 4.69) is 5.32 Å². The second kappa shape index (κ2) is 5.91. The van der Waals surface area contributed by atoms with Crippen molar-refractivity contribution in [1.82, 2.24) is 0 Å². The van der Waals surface area contributed by atoms with Crippen LogP contribution in [0.5, 0.6) is 0 Å². The first-order valence-electron chi connectivity index (χ1n) is 7.73. The highest BCUT2D eigenvalue weighted by molar-refractivity contribution is 6.00. The lowest BCUT2D eigenvalue weighted by Gasteiger charge is -2.24. The van der Waals surface area contributed by atoms with Gasteiger partial charge in [0.2, 0.25) is 0 Å². The molecule has 0 unspecified atom stereocenters. The minimum atomic E-state index is -0.289. The summed E-state index contributed by atoms with van der Waals surface area (Å²) in [5.74, 6) is -0.0963. The van der Waals surface area contributed by atoms with Crippen LogP contribution in [0.2, 0.25) is 0 Å². The van der Waals surface area contributed by atoms with Gasteiger partial charge in [0.15, 0.2) is 5.78 Å². The summed E-state index contributed by atoms with van der Waals surface area (Å²) in [7, 11) is 1.85. The zero-order valence-electron chi connectivity index (χ0n) is 12.9. The molecule has 0 spiro atoms. The number of rotatable bonds is 4. The van der Waals surface area contributed by atoms with E-state index in [1.807, 2.05) is 31.3 Å². The molecule has 1 saturated carbocycles. The minimum Gasteiger partial charge on any atom is -0.388 e. The highest BCUT2D eigenvalue weighted by atomic mass is 19.1. The van der Waals surface area contributed by atoms with E-state index in [1.54, 1.807) is 19.1 Å². The highest BCUT2D eigenvalue weighted by Gasteiger charge is 2.28. The molecule has 22 heavy (non-hydrogen) atoms. The van der Waals surface area contributed by atoms with Gasteiger partial charge >= 0.3 is 0 Å². The van der Waals surface area contributed by atoms with Crippen LogP contribution in [0, 0.1) is 18.7 Å². The number of anilines is 1. The van der Waals surface area contributed by atoms with Crippen molar-refractivity contribution in [3.05, 3.63) is 53.3 Å². The molecule has 0 amide bonds. The number of Topliss-reactive ketones (excluding diaryl/α,β-unsaturated/α-hetero) is 1. The van der Waals surface area contributed by atoms with E-state index in [9.17, 15) is 9.18 Å². The van der Waals surface area contributed by atoms with Gasteiger partial charge in [0.25, 0.3) is 0 Å². The Hall–Kier alpha value is -2.16. The number of hydrogen-bond donors (Lipinski definition) is 1. The molecule has 0 radical (unpaired) electrons. The molecule has 0 heterocycles. The van der Waals surface area contributed by atoms with Crippen molar-refractivity contribution >= 4 is 11.5 Å². The molecule has 2 aromatic carbocycles. The summed E-state index contributed by atoms with van der Waals surface area (Å²) in [5, 5.41) is 3.04. The van der Waals surface area contributed by atoms with Crippen molar-refractivity contribution in [2.45, 2.75) is 26.2 Å². The topological polar surface area (TPSA) is 29.1 Å². The Balaban J connectivity index is 1.96. The Labute approximate surface area is 130 Å². The number of ketones is 1. The number of halogens is 1. The summed E-state index contributed by atoms with van der Waals surface area (Å²) in [6.07, 6.45) is 2.98. The number of nitrogens with one attached hydrogen (secondary N) is 1. The zero-order valence-corrected chi connectivity index (χ0v) is 12.9. The molecule has 0 bridgehead atoms. The third-order valence-electron chi connectivity index (χ3n) is 4.61. The maximum Gasteiger partial charge on any atom is 0.166 e. The van der Waals surface area contributed by atoms with Crippen LogP contribution >= 0.6 is 0 Å². The normalized spacial score (nSPS) is 14.5. The molecule has 0 atom stereocenters. The Bertz CT molecular complexity index is 702. The lowest BCUT2D eigenvalue weighted by molar-refractivity contribution is 0.0854. The monoisotopic (exact) mass is 297 g/mol. The average molecular weight is 297 g/mol. The minimum absolute atomic E-state index is 0.0962. The van der Waals surface area contributed by atoms with Crippen LogP contribution in [-0.4, -0.2) is 12.8 Å². The van der Waals surface area contributed by atoms with Gasteiger partial charge in [-0.25, -0.2) is 4.39 Å². The van der Waals surface area contributed by atoms with Crippen LogP contribution in [0.15, 0.2) is 36.4 Å². The lowest BCUT2D eigenvalue weighted by Crippen LogP contribution is -2.23. The van der Waals surface area contributed by atoms with E-state index < -0.39 is 0 Å². The summed E-state index contributed by atoms with van der Waals surface area (Å²) in [5.41, 5.74) is 3.36. The molecule has 3 heteroatoms. The largest absolute Gasteiger partial charge is 0.388 e. The maximum absolute atomic E-state index is 14.7. The van der Waals surface area contributed by atoms with Crippen LogP contribution in [0.1, 0.15) is 35.2 Å². The molecule has 1 aliphatic rings. The van der Waals surface area contributed by atoms with Crippen LogP contribution in [0.3, 0.4) is 0 Å². The van der Waals surface area contributed by atoms with E-state index >= 15 is 0 Å². The molecule has 0 saturated heterocycles. The Kier molecular flexibility index (Phi) is 3.97. The van der Waals surface area contributed by atoms with Gasteiger partial charge in [0.1, 0.15) is 5.82 Å². The molecule has 2 nitrogen and oxygen atoms in total. The van der Waals surface area contributed by atoms with Crippen molar-refractivity contribution in [2.24, 2.45) is 5.92 Å². The van der Waals surface area contributed by atoms with Crippen molar-refractivity contribution in [3.63, 3.8) is 0 Å². The van der Waals surface area contributed by atoms with Crippen LogP contribution in [-0.2, 0) is 0 Å². The Morgan fingerprint density at radius 1 is 1.14 bits per heavy atom. The quantitative estimate of drug-likeness (QED) is 0.819. The highest BCUT2D eigenvalue weighted by Crippen LogP contribution is 2.33.